The molecule has 0 radical (unpaired) electrons. The second kappa shape index (κ2) is 6.09. The van der Waals surface area contributed by atoms with Gasteiger partial charge in [0.2, 0.25) is 0 Å². The summed E-state index contributed by atoms with van der Waals surface area (Å²) in [5.41, 5.74) is 3.46. The van der Waals surface area contributed by atoms with Crippen LogP contribution in [-0.4, -0.2) is 19.3 Å². The van der Waals surface area contributed by atoms with E-state index < -0.39 is 11.2 Å². The molecule has 3 rings (SSSR count). The molecule has 8 nitrogen and oxygen atoms in total. The summed E-state index contributed by atoms with van der Waals surface area (Å²) in [4.78, 5) is 26.2. The largest absolute Gasteiger partial charge is 0.328 e. The van der Waals surface area contributed by atoms with Crippen molar-refractivity contribution < 1.29 is 0 Å². The summed E-state index contributed by atoms with van der Waals surface area (Å²) < 4.78 is 2.92. The highest BCUT2D eigenvalue weighted by Gasteiger charge is 2.16. The molecule has 0 unspecified atom stereocenters. The molecule has 0 saturated heterocycles. The van der Waals surface area contributed by atoms with Crippen molar-refractivity contribution in [3.63, 3.8) is 0 Å². The Kier molecular flexibility index (Phi) is 3.98. The lowest BCUT2D eigenvalue weighted by Gasteiger charge is -2.04. The zero-order chi connectivity index (χ0) is 16.4. The van der Waals surface area contributed by atoms with Crippen molar-refractivity contribution in [2.75, 3.05) is 5.43 Å². The van der Waals surface area contributed by atoms with Crippen molar-refractivity contribution in [1.82, 2.24) is 19.3 Å². The van der Waals surface area contributed by atoms with E-state index in [0.29, 0.717) is 23.4 Å². The van der Waals surface area contributed by atoms with Crippen molar-refractivity contribution in [1.29, 1.82) is 0 Å². The molecule has 0 fully saturated rings. The number of nitrogens with one attached hydrogen (secondary N) is 2. The van der Waals surface area contributed by atoms with Crippen molar-refractivity contribution in [2.24, 2.45) is 12.9 Å². The number of aromatic nitrogens is 4. The van der Waals surface area contributed by atoms with Crippen LogP contribution >= 0.6 is 0 Å². The van der Waals surface area contributed by atoms with Gasteiger partial charge in [-0.1, -0.05) is 30.3 Å². The number of fused-ring (bicyclic) bond motifs is 1. The average molecular weight is 314 g/mol. The third kappa shape index (κ3) is 2.76. The standard InChI is InChI=1S/C15H18N6O2/c1-20-11-12(14(22)17-15(20)23)21(19-13(11)18-16)9-5-8-10-6-3-2-4-7-10/h2-4,6-7H,5,8-9,16H2,1H3,(H,18,19)(H,17,22,23). The minimum Gasteiger partial charge on any atom is -0.305 e. The van der Waals surface area contributed by atoms with Crippen LogP contribution in [0.4, 0.5) is 5.82 Å². The maximum atomic E-state index is 12.1. The van der Waals surface area contributed by atoms with Crippen LogP contribution in [0.3, 0.4) is 0 Å². The van der Waals surface area contributed by atoms with Gasteiger partial charge in [0, 0.05) is 13.6 Å². The van der Waals surface area contributed by atoms with Gasteiger partial charge >= 0.3 is 5.69 Å². The molecule has 4 N–H and O–H groups in total. The van der Waals surface area contributed by atoms with Crippen molar-refractivity contribution in [3.05, 3.63) is 56.7 Å². The fourth-order valence-electron chi connectivity index (χ4n) is 2.67. The summed E-state index contributed by atoms with van der Waals surface area (Å²) in [6.45, 7) is 0.550. The first-order valence-corrected chi connectivity index (χ1v) is 7.32. The number of H-pyrrole nitrogens is 1. The molecule has 1 aromatic carbocycles. The number of benzene rings is 1. The van der Waals surface area contributed by atoms with Crippen LogP contribution in [0.25, 0.3) is 11.0 Å². The monoisotopic (exact) mass is 314 g/mol. The normalized spacial score (nSPS) is 11.0. The molecule has 0 aliphatic rings. The highest BCUT2D eigenvalue weighted by molar-refractivity contribution is 5.85. The van der Waals surface area contributed by atoms with Crippen LogP contribution in [0.15, 0.2) is 39.9 Å². The lowest BCUT2D eigenvalue weighted by molar-refractivity contribution is 0.595. The smallest absolute Gasteiger partial charge is 0.305 e. The average Bonchev–Trinajstić information content (AvgIpc) is 2.93. The molecule has 2 heterocycles. The first-order valence-electron chi connectivity index (χ1n) is 7.32. The maximum Gasteiger partial charge on any atom is 0.328 e. The van der Waals surface area contributed by atoms with Crippen molar-refractivity contribution >= 4 is 16.9 Å². The van der Waals surface area contributed by atoms with Gasteiger partial charge < -0.3 is 5.43 Å². The molecule has 0 atom stereocenters. The Hall–Kier alpha value is -2.87. The SMILES string of the molecule is Cn1c(=O)[nH]c(=O)c2c1c(NN)nn2CCCc1ccccc1. The Morgan fingerprint density at radius 1 is 1.22 bits per heavy atom. The van der Waals surface area contributed by atoms with Crippen LogP contribution in [0.1, 0.15) is 12.0 Å². The van der Waals surface area contributed by atoms with Gasteiger partial charge in [-0.3, -0.25) is 19.0 Å². The minimum atomic E-state index is -0.497. The Morgan fingerprint density at radius 2 is 1.96 bits per heavy atom. The van der Waals surface area contributed by atoms with Gasteiger partial charge in [0.25, 0.3) is 5.56 Å². The van der Waals surface area contributed by atoms with E-state index in [-0.39, 0.29) is 0 Å². The molecule has 0 saturated carbocycles. The number of anilines is 1. The second-order valence-electron chi connectivity index (χ2n) is 5.32. The van der Waals surface area contributed by atoms with E-state index in [0.717, 1.165) is 12.8 Å². The fourth-order valence-corrected chi connectivity index (χ4v) is 2.67. The van der Waals surface area contributed by atoms with Crippen molar-refractivity contribution in [2.45, 2.75) is 19.4 Å². The van der Waals surface area contributed by atoms with Gasteiger partial charge in [0.15, 0.2) is 11.3 Å². The molecule has 0 spiro atoms. The highest BCUT2D eigenvalue weighted by Crippen LogP contribution is 2.17. The second-order valence-corrected chi connectivity index (χ2v) is 5.32. The number of nitrogens with two attached hydrogens (primary N) is 1. The van der Waals surface area contributed by atoms with Gasteiger partial charge in [0.1, 0.15) is 5.52 Å². The number of hydrogen-bond donors (Lipinski definition) is 3. The van der Waals surface area contributed by atoms with Gasteiger partial charge in [-0.2, -0.15) is 5.10 Å². The summed E-state index contributed by atoms with van der Waals surface area (Å²) >= 11 is 0. The molecule has 120 valence electrons. The van der Waals surface area contributed by atoms with E-state index in [2.05, 4.69) is 27.6 Å². The molecule has 0 aliphatic heterocycles. The maximum absolute atomic E-state index is 12.1. The van der Waals surface area contributed by atoms with E-state index in [1.165, 1.54) is 10.1 Å². The van der Waals surface area contributed by atoms with E-state index in [9.17, 15) is 9.59 Å². The van der Waals surface area contributed by atoms with Crippen LogP contribution in [0.2, 0.25) is 0 Å². The number of hydrazine groups is 1. The first kappa shape index (κ1) is 15.0. The molecule has 23 heavy (non-hydrogen) atoms. The lowest BCUT2D eigenvalue weighted by Crippen LogP contribution is -2.29. The Morgan fingerprint density at radius 3 is 2.65 bits per heavy atom. The Labute approximate surface area is 131 Å². The number of rotatable bonds is 5. The van der Waals surface area contributed by atoms with E-state index in [4.69, 9.17) is 5.84 Å². The van der Waals surface area contributed by atoms with Crippen LogP contribution < -0.4 is 22.5 Å². The zero-order valence-corrected chi connectivity index (χ0v) is 12.7. The summed E-state index contributed by atoms with van der Waals surface area (Å²) in [6, 6.07) is 10.1. The molecular formula is C15H18N6O2. The molecule has 0 amide bonds. The number of aryl methyl sites for hydroxylation is 3. The predicted molar refractivity (Wildman–Crippen MR) is 88.2 cm³/mol. The summed E-state index contributed by atoms with van der Waals surface area (Å²) in [7, 11) is 1.57. The quantitative estimate of drug-likeness (QED) is 0.464. The van der Waals surface area contributed by atoms with E-state index >= 15 is 0 Å². The Bertz CT molecular complexity index is 938. The van der Waals surface area contributed by atoms with Crippen LogP contribution in [0.5, 0.6) is 0 Å². The van der Waals surface area contributed by atoms with E-state index in [1.54, 1.807) is 11.7 Å². The predicted octanol–water partition coefficient (Wildman–Crippen LogP) is 0.342. The van der Waals surface area contributed by atoms with Gasteiger partial charge in [0.05, 0.1) is 0 Å². The number of aromatic amines is 1. The summed E-state index contributed by atoms with van der Waals surface area (Å²) in [5, 5.41) is 4.30. The molecule has 0 aliphatic carbocycles. The summed E-state index contributed by atoms with van der Waals surface area (Å²) in [6.07, 6.45) is 1.68. The highest BCUT2D eigenvalue weighted by atomic mass is 16.2. The summed E-state index contributed by atoms with van der Waals surface area (Å²) in [5.74, 6) is 5.78. The topological polar surface area (TPSA) is 111 Å². The molecule has 0 bridgehead atoms. The number of hydrogen-bond acceptors (Lipinski definition) is 5. The number of nitrogens with zero attached hydrogens (tertiary/aromatic N) is 3. The minimum absolute atomic E-state index is 0.311. The fraction of sp³-hybridized carbons (Fsp3) is 0.267. The molecule has 3 aromatic rings. The third-order valence-electron chi connectivity index (χ3n) is 3.82. The van der Waals surface area contributed by atoms with Gasteiger partial charge in [-0.05, 0) is 18.4 Å². The van der Waals surface area contributed by atoms with Crippen LogP contribution in [-0.2, 0) is 20.0 Å². The zero-order valence-electron chi connectivity index (χ0n) is 12.7. The Balaban J connectivity index is 1.94. The molecular weight excluding hydrogens is 296 g/mol. The van der Waals surface area contributed by atoms with Gasteiger partial charge in [-0.15, -0.1) is 0 Å². The van der Waals surface area contributed by atoms with Crippen LogP contribution in [0, 0.1) is 0 Å². The molecule has 2 aromatic heterocycles. The lowest BCUT2D eigenvalue weighted by atomic mass is 10.1. The molecule has 8 heteroatoms. The number of nitrogen functional groups attached to an aromatic ring is 1. The third-order valence-corrected chi connectivity index (χ3v) is 3.82. The van der Waals surface area contributed by atoms with Gasteiger partial charge in [-0.25, -0.2) is 10.6 Å². The van der Waals surface area contributed by atoms with Crippen molar-refractivity contribution in [3.8, 4) is 0 Å². The first-order chi connectivity index (χ1) is 11.1. The van der Waals surface area contributed by atoms with E-state index in [1.807, 2.05) is 18.2 Å².